The van der Waals surface area contributed by atoms with Crippen molar-refractivity contribution < 1.29 is 14.7 Å². The van der Waals surface area contributed by atoms with Crippen LogP contribution >= 0.6 is 0 Å². The van der Waals surface area contributed by atoms with E-state index < -0.39 is 5.97 Å². The molecule has 0 atom stereocenters. The van der Waals surface area contributed by atoms with Crippen LogP contribution in [0.15, 0.2) is 11.6 Å². The van der Waals surface area contributed by atoms with Gasteiger partial charge in [-0.3, -0.25) is 9.59 Å². The standard InChI is InChI=1S/C9H13NO3/c1-10-4-2-3-7(6-10)8(11)5-9(12)13/h3H,2,4-6H2,1H3,(H,12,13). The van der Waals surface area contributed by atoms with Crippen LogP contribution in [0.4, 0.5) is 0 Å². The topological polar surface area (TPSA) is 57.6 Å². The predicted molar refractivity (Wildman–Crippen MR) is 47.5 cm³/mol. The number of carboxylic acid groups (broad SMARTS) is 1. The predicted octanol–water partition coefficient (Wildman–Crippen LogP) is 0.292. The third-order valence-electron chi connectivity index (χ3n) is 2.01. The normalized spacial score (nSPS) is 18.1. The van der Waals surface area contributed by atoms with Gasteiger partial charge in [-0.25, -0.2) is 0 Å². The SMILES string of the molecule is CN1CCC=C(C(=O)CC(=O)O)C1. The molecule has 13 heavy (non-hydrogen) atoms. The molecule has 0 saturated heterocycles. The first-order valence-corrected chi connectivity index (χ1v) is 4.22. The van der Waals surface area contributed by atoms with Crippen LogP contribution in [0.2, 0.25) is 0 Å². The quantitative estimate of drug-likeness (QED) is 0.639. The van der Waals surface area contributed by atoms with Gasteiger partial charge < -0.3 is 10.0 Å². The third-order valence-corrected chi connectivity index (χ3v) is 2.01. The molecular formula is C9H13NO3. The van der Waals surface area contributed by atoms with Gasteiger partial charge in [0.15, 0.2) is 5.78 Å². The van der Waals surface area contributed by atoms with Crippen molar-refractivity contribution in [2.75, 3.05) is 20.1 Å². The molecular weight excluding hydrogens is 170 g/mol. The number of rotatable bonds is 3. The molecule has 0 aromatic rings. The molecule has 1 aliphatic heterocycles. The summed E-state index contributed by atoms with van der Waals surface area (Å²) in [7, 11) is 1.92. The second-order valence-electron chi connectivity index (χ2n) is 3.25. The molecule has 0 aromatic heterocycles. The molecule has 0 bridgehead atoms. The van der Waals surface area contributed by atoms with Crippen molar-refractivity contribution in [3.05, 3.63) is 11.6 Å². The van der Waals surface area contributed by atoms with Crippen LogP contribution in [0, 0.1) is 0 Å². The molecule has 72 valence electrons. The van der Waals surface area contributed by atoms with Gasteiger partial charge in [0.25, 0.3) is 0 Å². The number of likely N-dealkylation sites (N-methyl/N-ethyl adjacent to an activating group) is 1. The molecule has 1 aliphatic rings. The first-order valence-electron chi connectivity index (χ1n) is 4.22. The first kappa shape index (κ1) is 9.92. The molecule has 0 fully saturated rings. The highest BCUT2D eigenvalue weighted by Crippen LogP contribution is 2.10. The van der Waals surface area contributed by atoms with E-state index in [1.165, 1.54) is 0 Å². The zero-order valence-electron chi connectivity index (χ0n) is 7.62. The van der Waals surface area contributed by atoms with Gasteiger partial charge in [-0.2, -0.15) is 0 Å². The Hall–Kier alpha value is -1.16. The van der Waals surface area contributed by atoms with Crippen LogP contribution in [-0.4, -0.2) is 41.9 Å². The van der Waals surface area contributed by atoms with E-state index in [0.29, 0.717) is 12.1 Å². The summed E-state index contributed by atoms with van der Waals surface area (Å²) in [6.45, 7) is 1.51. The van der Waals surface area contributed by atoms with Gasteiger partial charge in [0, 0.05) is 18.7 Å². The smallest absolute Gasteiger partial charge is 0.311 e. The molecule has 0 aromatic carbocycles. The van der Waals surface area contributed by atoms with Gasteiger partial charge in [-0.05, 0) is 13.5 Å². The molecule has 0 aliphatic carbocycles. The maximum atomic E-state index is 11.3. The number of ketones is 1. The van der Waals surface area contributed by atoms with Gasteiger partial charge in [0.05, 0.1) is 0 Å². The maximum Gasteiger partial charge on any atom is 0.311 e. The Morgan fingerprint density at radius 2 is 2.31 bits per heavy atom. The lowest BCUT2D eigenvalue weighted by Gasteiger charge is -2.21. The highest BCUT2D eigenvalue weighted by atomic mass is 16.4. The maximum absolute atomic E-state index is 11.3. The average Bonchev–Trinajstić information content (AvgIpc) is 2.03. The van der Waals surface area contributed by atoms with Crippen molar-refractivity contribution in [2.24, 2.45) is 0 Å². The van der Waals surface area contributed by atoms with Gasteiger partial charge in [-0.15, -0.1) is 0 Å². The highest BCUT2D eigenvalue weighted by Gasteiger charge is 2.17. The summed E-state index contributed by atoms with van der Waals surface area (Å²) in [5.41, 5.74) is 0.635. The Balaban J connectivity index is 2.56. The van der Waals surface area contributed by atoms with Gasteiger partial charge in [-0.1, -0.05) is 6.08 Å². The third kappa shape index (κ3) is 2.99. The summed E-state index contributed by atoms with van der Waals surface area (Å²) in [5.74, 6) is -1.32. The van der Waals surface area contributed by atoms with Crippen LogP contribution < -0.4 is 0 Å². The van der Waals surface area contributed by atoms with Crippen molar-refractivity contribution in [3.8, 4) is 0 Å². The Morgan fingerprint density at radius 3 is 2.85 bits per heavy atom. The second-order valence-corrected chi connectivity index (χ2v) is 3.25. The van der Waals surface area contributed by atoms with E-state index in [2.05, 4.69) is 0 Å². The minimum atomic E-state index is -1.06. The van der Waals surface area contributed by atoms with E-state index in [1.807, 2.05) is 18.0 Å². The molecule has 4 nitrogen and oxygen atoms in total. The van der Waals surface area contributed by atoms with E-state index in [1.54, 1.807) is 0 Å². The van der Waals surface area contributed by atoms with E-state index in [0.717, 1.165) is 13.0 Å². The largest absolute Gasteiger partial charge is 0.481 e. The van der Waals surface area contributed by atoms with Gasteiger partial charge in [0.1, 0.15) is 6.42 Å². The summed E-state index contributed by atoms with van der Waals surface area (Å²) in [5, 5.41) is 8.42. The lowest BCUT2D eigenvalue weighted by Crippen LogP contribution is -2.29. The molecule has 1 N–H and O–H groups in total. The van der Waals surface area contributed by atoms with Crippen LogP contribution in [0.25, 0.3) is 0 Å². The van der Waals surface area contributed by atoms with Crippen molar-refractivity contribution in [2.45, 2.75) is 12.8 Å². The van der Waals surface area contributed by atoms with Crippen molar-refractivity contribution in [3.63, 3.8) is 0 Å². The minimum Gasteiger partial charge on any atom is -0.481 e. The Bertz CT molecular complexity index is 258. The van der Waals surface area contributed by atoms with E-state index in [4.69, 9.17) is 5.11 Å². The number of hydrogen-bond acceptors (Lipinski definition) is 3. The molecule has 1 rings (SSSR count). The molecule has 0 unspecified atom stereocenters. The number of nitrogens with zero attached hydrogens (tertiary/aromatic N) is 1. The van der Waals surface area contributed by atoms with Crippen LogP contribution in [0.3, 0.4) is 0 Å². The molecule has 1 heterocycles. The average molecular weight is 183 g/mol. The fraction of sp³-hybridized carbons (Fsp3) is 0.556. The molecule has 4 heteroatoms. The fourth-order valence-corrected chi connectivity index (χ4v) is 1.35. The second kappa shape index (κ2) is 4.18. The van der Waals surface area contributed by atoms with E-state index >= 15 is 0 Å². The van der Waals surface area contributed by atoms with Gasteiger partial charge in [0.2, 0.25) is 0 Å². The fourth-order valence-electron chi connectivity index (χ4n) is 1.35. The summed E-state index contributed by atoms with van der Waals surface area (Å²) < 4.78 is 0. The van der Waals surface area contributed by atoms with Crippen molar-refractivity contribution >= 4 is 11.8 Å². The van der Waals surface area contributed by atoms with E-state index in [-0.39, 0.29) is 12.2 Å². The Morgan fingerprint density at radius 1 is 1.62 bits per heavy atom. The lowest BCUT2D eigenvalue weighted by atomic mass is 10.0. The van der Waals surface area contributed by atoms with Gasteiger partial charge >= 0.3 is 5.97 Å². The number of carboxylic acids is 1. The zero-order chi connectivity index (χ0) is 9.84. The molecule has 0 amide bonds. The highest BCUT2D eigenvalue weighted by molar-refractivity contribution is 6.05. The number of hydrogen-bond donors (Lipinski definition) is 1. The molecule has 0 radical (unpaired) electrons. The lowest BCUT2D eigenvalue weighted by molar-refractivity contribution is -0.139. The van der Waals surface area contributed by atoms with Crippen molar-refractivity contribution in [1.82, 2.24) is 4.90 Å². The molecule has 0 spiro atoms. The zero-order valence-corrected chi connectivity index (χ0v) is 7.62. The number of Topliss-reactive ketones (excluding diaryl/α,β-unsaturated/α-hetero) is 1. The summed E-state index contributed by atoms with van der Waals surface area (Å²) in [6, 6.07) is 0. The van der Waals surface area contributed by atoms with Crippen LogP contribution in [0.1, 0.15) is 12.8 Å². The number of aliphatic carboxylic acids is 1. The Labute approximate surface area is 76.8 Å². The first-order chi connectivity index (χ1) is 6.09. The minimum absolute atomic E-state index is 0.265. The summed E-state index contributed by atoms with van der Waals surface area (Å²) >= 11 is 0. The molecule has 0 saturated carbocycles. The van der Waals surface area contributed by atoms with Crippen LogP contribution in [0.5, 0.6) is 0 Å². The number of carbonyl (C=O) groups excluding carboxylic acids is 1. The monoisotopic (exact) mass is 183 g/mol. The van der Waals surface area contributed by atoms with Crippen LogP contribution in [-0.2, 0) is 9.59 Å². The Kier molecular flexibility index (Phi) is 3.19. The summed E-state index contributed by atoms with van der Waals surface area (Å²) in [4.78, 5) is 23.6. The number of carbonyl (C=O) groups is 2. The van der Waals surface area contributed by atoms with Crippen molar-refractivity contribution in [1.29, 1.82) is 0 Å². The van der Waals surface area contributed by atoms with E-state index in [9.17, 15) is 9.59 Å². The summed E-state index contributed by atoms with van der Waals surface area (Å²) in [6.07, 6.45) is 2.28.